The first-order valence-corrected chi connectivity index (χ1v) is 6.28. The zero-order valence-electron chi connectivity index (χ0n) is 10.1. The average molecular weight is 274 g/mol. The number of benzene rings is 2. The molecule has 1 heterocycles. The van der Waals surface area contributed by atoms with Gasteiger partial charge in [0, 0.05) is 17.1 Å². The Balaban J connectivity index is 1.82. The summed E-state index contributed by atoms with van der Waals surface area (Å²) in [4.78, 5) is 3.15. The Bertz CT molecular complexity index is 704. The number of rotatable bonds is 3. The lowest BCUT2D eigenvalue weighted by Crippen LogP contribution is -1.93. The first-order valence-electron chi connectivity index (χ1n) is 5.90. The lowest BCUT2D eigenvalue weighted by molar-refractivity contribution is 0.307. The fourth-order valence-electron chi connectivity index (χ4n) is 2.00. The molecule has 4 heteroatoms. The van der Waals surface area contributed by atoms with Crippen LogP contribution in [0.3, 0.4) is 0 Å². The van der Waals surface area contributed by atoms with Crippen LogP contribution < -0.4 is 4.74 Å². The summed E-state index contributed by atoms with van der Waals surface area (Å²) in [5, 5.41) is 11.0. The second-order valence-electron chi connectivity index (χ2n) is 4.26. The van der Waals surface area contributed by atoms with Crippen LogP contribution in [0, 0.1) is 0 Å². The molecule has 0 saturated carbocycles. The number of hydrogen-bond donors (Lipinski definition) is 2. The average Bonchev–Trinajstić information content (AvgIpc) is 2.83. The van der Waals surface area contributed by atoms with Crippen LogP contribution in [0.5, 0.6) is 11.5 Å². The van der Waals surface area contributed by atoms with Crippen molar-refractivity contribution in [2.24, 2.45) is 0 Å². The van der Waals surface area contributed by atoms with Gasteiger partial charge in [0.25, 0.3) is 0 Å². The second-order valence-corrected chi connectivity index (χ2v) is 4.67. The Morgan fingerprint density at radius 1 is 1.11 bits per heavy atom. The number of aromatic amines is 1. The van der Waals surface area contributed by atoms with Crippen LogP contribution in [0.1, 0.15) is 5.56 Å². The summed E-state index contributed by atoms with van der Waals surface area (Å²) in [7, 11) is 0. The predicted octanol–water partition coefficient (Wildman–Crippen LogP) is 4.11. The van der Waals surface area contributed by atoms with E-state index in [0.717, 1.165) is 16.5 Å². The number of aromatic hydroxyl groups is 1. The first-order chi connectivity index (χ1) is 9.24. The number of ether oxygens (including phenoxy) is 1. The number of hydrogen-bond acceptors (Lipinski definition) is 2. The van der Waals surface area contributed by atoms with Gasteiger partial charge in [-0.2, -0.15) is 0 Å². The van der Waals surface area contributed by atoms with Crippen molar-refractivity contribution in [1.82, 2.24) is 4.98 Å². The highest BCUT2D eigenvalue weighted by Crippen LogP contribution is 2.26. The molecule has 0 atom stereocenters. The van der Waals surface area contributed by atoms with Gasteiger partial charge < -0.3 is 14.8 Å². The minimum Gasteiger partial charge on any atom is -0.508 e. The van der Waals surface area contributed by atoms with Gasteiger partial charge in [-0.15, -0.1) is 0 Å². The number of aromatic nitrogens is 1. The first kappa shape index (κ1) is 11.9. The Morgan fingerprint density at radius 2 is 1.89 bits per heavy atom. The molecule has 0 bridgehead atoms. The van der Waals surface area contributed by atoms with Gasteiger partial charge in [-0.1, -0.05) is 23.7 Å². The molecule has 1 aromatic heterocycles. The summed E-state index contributed by atoms with van der Waals surface area (Å²) in [5.74, 6) is 0.945. The van der Waals surface area contributed by atoms with E-state index in [0.29, 0.717) is 17.4 Å². The number of phenols is 1. The number of halogens is 1. The molecule has 19 heavy (non-hydrogen) atoms. The lowest BCUT2D eigenvalue weighted by Gasteiger charge is -2.05. The molecule has 0 saturated heterocycles. The van der Waals surface area contributed by atoms with Crippen molar-refractivity contribution in [3.63, 3.8) is 0 Å². The molecule has 2 aromatic carbocycles. The van der Waals surface area contributed by atoms with E-state index in [-0.39, 0.29) is 5.75 Å². The molecule has 0 spiro atoms. The lowest BCUT2D eigenvalue weighted by atomic mass is 10.2. The molecule has 0 aliphatic carbocycles. The van der Waals surface area contributed by atoms with Gasteiger partial charge in [0.1, 0.15) is 18.1 Å². The van der Waals surface area contributed by atoms with Gasteiger partial charge in [0.2, 0.25) is 0 Å². The number of phenolic OH excluding ortho intramolecular Hbond substituents is 1. The highest BCUT2D eigenvalue weighted by Gasteiger charge is 2.06. The molecule has 0 aliphatic rings. The van der Waals surface area contributed by atoms with E-state index in [4.69, 9.17) is 16.3 Å². The van der Waals surface area contributed by atoms with Crippen molar-refractivity contribution < 1.29 is 9.84 Å². The van der Waals surface area contributed by atoms with Crippen LogP contribution in [0.4, 0.5) is 0 Å². The van der Waals surface area contributed by atoms with Gasteiger partial charge in [0.15, 0.2) is 0 Å². The number of fused-ring (bicyclic) bond motifs is 1. The number of nitrogens with one attached hydrogen (secondary N) is 1. The maximum Gasteiger partial charge on any atom is 0.120 e. The molecule has 3 nitrogen and oxygen atoms in total. The van der Waals surface area contributed by atoms with Gasteiger partial charge in [-0.25, -0.2) is 0 Å². The maximum absolute atomic E-state index is 9.21. The van der Waals surface area contributed by atoms with Gasteiger partial charge >= 0.3 is 0 Å². The van der Waals surface area contributed by atoms with E-state index in [1.54, 1.807) is 24.3 Å². The minimum atomic E-state index is 0.228. The van der Waals surface area contributed by atoms with Crippen LogP contribution in [0.25, 0.3) is 10.9 Å². The molecule has 2 N–H and O–H groups in total. The second kappa shape index (κ2) is 4.86. The summed E-state index contributed by atoms with van der Waals surface area (Å²) in [5.41, 5.74) is 1.97. The highest BCUT2D eigenvalue weighted by molar-refractivity contribution is 6.35. The largest absolute Gasteiger partial charge is 0.508 e. The SMILES string of the molecule is Oc1ccc(OCc2c[nH]c3c(Cl)cccc23)cc1. The van der Waals surface area contributed by atoms with Gasteiger partial charge in [0.05, 0.1) is 10.5 Å². The van der Waals surface area contributed by atoms with E-state index in [1.807, 2.05) is 24.4 Å². The topological polar surface area (TPSA) is 45.2 Å². The van der Waals surface area contributed by atoms with Crippen molar-refractivity contribution in [3.05, 3.63) is 59.2 Å². The van der Waals surface area contributed by atoms with Crippen molar-refractivity contribution in [1.29, 1.82) is 0 Å². The predicted molar refractivity (Wildman–Crippen MR) is 75.7 cm³/mol. The summed E-state index contributed by atoms with van der Waals surface area (Å²) < 4.78 is 5.68. The quantitative estimate of drug-likeness (QED) is 0.754. The molecule has 0 fully saturated rings. The van der Waals surface area contributed by atoms with E-state index < -0.39 is 0 Å². The molecule has 3 rings (SSSR count). The molecule has 0 radical (unpaired) electrons. The van der Waals surface area contributed by atoms with E-state index in [2.05, 4.69) is 4.98 Å². The van der Waals surface area contributed by atoms with Crippen molar-refractivity contribution in [3.8, 4) is 11.5 Å². The number of H-pyrrole nitrogens is 1. The number of para-hydroxylation sites is 1. The van der Waals surface area contributed by atoms with Crippen LogP contribution in [-0.4, -0.2) is 10.1 Å². The summed E-state index contributed by atoms with van der Waals surface area (Å²) >= 11 is 6.11. The van der Waals surface area contributed by atoms with Crippen LogP contribution >= 0.6 is 11.6 Å². The highest BCUT2D eigenvalue weighted by atomic mass is 35.5. The standard InChI is InChI=1S/C15H12ClNO2/c16-14-3-1-2-13-10(8-17-15(13)14)9-19-12-6-4-11(18)5-7-12/h1-8,17-18H,9H2. The van der Waals surface area contributed by atoms with Gasteiger partial charge in [-0.3, -0.25) is 0 Å². The Hall–Kier alpha value is -2.13. The van der Waals surface area contributed by atoms with Crippen molar-refractivity contribution >= 4 is 22.5 Å². The molecular formula is C15H12ClNO2. The third kappa shape index (κ3) is 2.37. The fourth-order valence-corrected chi connectivity index (χ4v) is 2.23. The monoisotopic (exact) mass is 273 g/mol. The Labute approximate surface area is 115 Å². The van der Waals surface area contributed by atoms with Crippen LogP contribution in [0.2, 0.25) is 5.02 Å². The van der Waals surface area contributed by atoms with Crippen LogP contribution in [0.15, 0.2) is 48.7 Å². The normalized spacial score (nSPS) is 10.8. The van der Waals surface area contributed by atoms with E-state index >= 15 is 0 Å². The molecule has 0 amide bonds. The minimum absolute atomic E-state index is 0.228. The molecule has 3 aromatic rings. The Kier molecular flexibility index (Phi) is 3.05. The Morgan fingerprint density at radius 3 is 2.68 bits per heavy atom. The summed E-state index contributed by atoms with van der Waals surface area (Å²) in [6, 6.07) is 12.4. The zero-order chi connectivity index (χ0) is 13.2. The molecule has 0 aliphatic heterocycles. The fraction of sp³-hybridized carbons (Fsp3) is 0.0667. The third-order valence-electron chi connectivity index (χ3n) is 2.98. The van der Waals surface area contributed by atoms with Crippen molar-refractivity contribution in [2.75, 3.05) is 0 Å². The van der Waals surface area contributed by atoms with Crippen LogP contribution in [-0.2, 0) is 6.61 Å². The van der Waals surface area contributed by atoms with Gasteiger partial charge in [-0.05, 0) is 30.3 Å². The third-order valence-corrected chi connectivity index (χ3v) is 3.30. The van der Waals surface area contributed by atoms with E-state index in [9.17, 15) is 5.11 Å². The zero-order valence-corrected chi connectivity index (χ0v) is 10.8. The van der Waals surface area contributed by atoms with E-state index in [1.165, 1.54) is 0 Å². The smallest absolute Gasteiger partial charge is 0.120 e. The molecular weight excluding hydrogens is 262 g/mol. The molecule has 0 unspecified atom stereocenters. The van der Waals surface area contributed by atoms with Crippen molar-refractivity contribution in [2.45, 2.75) is 6.61 Å². The maximum atomic E-state index is 9.21. The molecule has 96 valence electrons. The summed E-state index contributed by atoms with van der Waals surface area (Å²) in [6.07, 6.45) is 1.90. The summed E-state index contributed by atoms with van der Waals surface area (Å²) in [6.45, 7) is 0.450.